The summed E-state index contributed by atoms with van der Waals surface area (Å²) in [6.45, 7) is 2.00. The summed E-state index contributed by atoms with van der Waals surface area (Å²) in [7, 11) is 0.681. The van der Waals surface area contributed by atoms with E-state index >= 15 is 0 Å². The van der Waals surface area contributed by atoms with E-state index in [1.165, 1.54) is 4.90 Å². The van der Waals surface area contributed by atoms with E-state index in [4.69, 9.17) is 5.11 Å². The lowest BCUT2D eigenvalue weighted by Gasteiger charge is -2.20. The molecule has 2 atom stereocenters. The van der Waals surface area contributed by atoms with Gasteiger partial charge in [0, 0.05) is 42.4 Å². The van der Waals surface area contributed by atoms with Gasteiger partial charge in [0.1, 0.15) is 0 Å². The molecular weight excluding hydrogens is 244 g/mol. The standard InChI is InChI=1S/C10H20N2O4S/c1-8(5-7-17(3)16)11-10(15)12(2)6-4-9(13)14/h8H,4-7H2,1-3H3,(H,11,15)(H,13,14). The Bertz CT molecular complexity index is 296. The molecule has 0 aromatic rings. The molecule has 0 aromatic carbocycles. The molecule has 0 saturated heterocycles. The molecule has 0 aromatic heterocycles. The number of carboxylic acid groups (broad SMARTS) is 1. The maximum atomic E-state index is 11.6. The molecule has 6 nitrogen and oxygen atoms in total. The van der Waals surface area contributed by atoms with E-state index in [0.29, 0.717) is 12.2 Å². The number of rotatable bonds is 7. The number of urea groups is 1. The van der Waals surface area contributed by atoms with Crippen LogP contribution in [0.2, 0.25) is 0 Å². The third-order valence-electron chi connectivity index (χ3n) is 2.22. The van der Waals surface area contributed by atoms with Crippen LogP contribution in [-0.4, -0.2) is 57.9 Å². The summed E-state index contributed by atoms with van der Waals surface area (Å²) in [5.74, 6) is -0.389. The first kappa shape index (κ1) is 15.9. The van der Waals surface area contributed by atoms with Crippen molar-refractivity contribution < 1.29 is 18.9 Å². The molecule has 7 heteroatoms. The molecule has 0 spiro atoms. The Hall–Kier alpha value is -1.11. The van der Waals surface area contributed by atoms with Gasteiger partial charge in [-0.25, -0.2) is 4.79 Å². The average Bonchev–Trinajstić information content (AvgIpc) is 2.22. The summed E-state index contributed by atoms with van der Waals surface area (Å²) >= 11 is 0. The van der Waals surface area contributed by atoms with Gasteiger partial charge in [0.25, 0.3) is 0 Å². The highest BCUT2D eigenvalue weighted by atomic mass is 32.2. The van der Waals surface area contributed by atoms with Crippen LogP contribution >= 0.6 is 0 Å². The summed E-state index contributed by atoms with van der Waals surface area (Å²) in [4.78, 5) is 23.2. The van der Waals surface area contributed by atoms with Crippen LogP contribution in [0.1, 0.15) is 19.8 Å². The Morgan fingerprint density at radius 2 is 2.06 bits per heavy atom. The SMILES string of the molecule is CC(CCS(C)=O)NC(=O)N(C)CCC(=O)O. The van der Waals surface area contributed by atoms with Gasteiger partial charge in [-0.1, -0.05) is 0 Å². The van der Waals surface area contributed by atoms with Crippen molar-refractivity contribution in [2.75, 3.05) is 25.6 Å². The summed E-state index contributed by atoms with van der Waals surface area (Å²) in [5, 5.41) is 11.2. The molecule has 2 amide bonds. The molecule has 0 aliphatic heterocycles. The molecule has 0 rings (SSSR count). The zero-order chi connectivity index (χ0) is 13.4. The van der Waals surface area contributed by atoms with Crippen molar-refractivity contribution in [1.82, 2.24) is 10.2 Å². The maximum absolute atomic E-state index is 11.6. The lowest BCUT2D eigenvalue weighted by molar-refractivity contribution is -0.137. The van der Waals surface area contributed by atoms with E-state index in [1.807, 2.05) is 6.92 Å². The molecule has 0 saturated carbocycles. The van der Waals surface area contributed by atoms with Gasteiger partial charge in [0.05, 0.1) is 6.42 Å². The first-order valence-corrected chi connectivity index (χ1v) is 7.09. The highest BCUT2D eigenvalue weighted by Gasteiger charge is 2.12. The smallest absolute Gasteiger partial charge is 0.317 e. The van der Waals surface area contributed by atoms with Gasteiger partial charge < -0.3 is 15.3 Å². The highest BCUT2D eigenvalue weighted by Crippen LogP contribution is 1.95. The van der Waals surface area contributed by atoms with Crippen molar-refractivity contribution in [3.63, 3.8) is 0 Å². The molecule has 17 heavy (non-hydrogen) atoms. The first-order chi connectivity index (χ1) is 7.82. The van der Waals surface area contributed by atoms with E-state index in [-0.39, 0.29) is 25.0 Å². The molecule has 2 unspecified atom stereocenters. The number of nitrogens with zero attached hydrogens (tertiary/aromatic N) is 1. The lowest BCUT2D eigenvalue weighted by atomic mass is 10.3. The fourth-order valence-electron chi connectivity index (χ4n) is 1.10. The number of nitrogens with one attached hydrogen (secondary N) is 1. The number of amides is 2. The zero-order valence-corrected chi connectivity index (χ0v) is 11.2. The molecule has 0 aliphatic rings. The summed E-state index contributed by atoms with van der Waals surface area (Å²) in [5.41, 5.74) is 0. The van der Waals surface area contributed by atoms with Crippen LogP contribution in [0.4, 0.5) is 4.79 Å². The largest absolute Gasteiger partial charge is 0.481 e. The predicted molar refractivity (Wildman–Crippen MR) is 66.4 cm³/mol. The van der Waals surface area contributed by atoms with Gasteiger partial charge in [0.15, 0.2) is 0 Å². The first-order valence-electron chi connectivity index (χ1n) is 5.36. The Morgan fingerprint density at radius 3 is 2.53 bits per heavy atom. The monoisotopic (exact) mass is 264 g/mol. The lowest BCUT2D eigenvalue weighted by Crippen LogP contribution is -2.43. The third kappa shape index (κ3) is 8.67. The van der Waals surface area contributed by atoms with E-state index in [1.54, 1.807) is 13.3 Å². The minimum atomic E-state index is -0.931. The fraction of sp³-hybridized carbons (Fsp3) is 0.800. The Balaban J connectivity index is 3.89. The van der Waals surface area contributed by atoms with E-state index in [0.717, 1.165) is 0 Å². The van der Waals surface area contributed by atoms with Gasteiger partial charge in [-0.05, 0) is 13.3 Å². The molecule has 100 valence electrons. The molecule has 0 heterocycles. The zero-order valence-electron chi connectivity index (χ0n) is 10.4. The van der Waals surface area contributed by atoms with Crippen LogP contribution in [0.15, 0.2) is 0 Å². The Kier molecular flexibility index (Phi) is 7.53. The second-order valence-electron chi connectivity index (χ2n) is 3.98. The molecule has 0 fully saturated rings. The Morgan fingerprint density at radius 1 is 1.47 bits per heavy atom. The molecular formula is C10H20N2O4S. The second kappa shape index (κ2) is 8.05. The quantitative estimate of drug-likeness (QED) is 0.690. The van der Waals surface area contributed by atoms with Crippen molar-refractivity contribution in [3.05, 3.63) is 0 Å². The van der Waals surface area contributed by atoms with Crippen LogP contribution < -0.4 is 5.32 Å². The van der Waals surface area contributed by atoms with Gasteiger partial charge in [0.2, 0.25) is 0 Å². The summed E-state index contributed by atoms with van der Waals surface area (Å²) in [6.07, 6.45) is 2.19. The van der Waals surface area contributed by atoms with Crippen molar-refractivity contribution in [3.8, 4) is 0 Å². The minimum Gasteiger partial charge on any atom is -0.481 e. The molecule has 2 N–H and O–H groups in total. The van der Waals surface area contributed by atoms with Crippen molar-refractivity contribution in [1.29, 1.82) is 0 Å². The summed E-state index contributed by atoms with van der Waals surface area (Å²) < 4.78 is 10.9. The van der Waals surface area contributed by atoms with Crippen molar-refractivity contribution >= 4 is 22.8 Å². The van der Waals surface area contributed by atoms with Gasteiger partial charge in [-0.2, -0.15) is 0 Å². The highest BCUT2D eigenvalue weighted by molar-refractivity contribution is 7.84. The average molecular weight is 264 g/mol. The number of carbonyl (C=O) groups is 2. The molecule has 0 bridgehead atoms. The van der Waals surface area contributed by atoms with Crippen molar-refractivity contribution in [2.24, 2.45) is 0 Å². The Labute approximate surface area is 104 Å². The van der Waals surface area contributed by atoms with Crippen LogP contribution in [0.3, 0.4) is 0 Å². The summed E-state index contributed by atoms with van der Waals surface area (Å²) in [6, 6.07) is -0.376. The van der Waals surface area contributed by atoms with Crippen LogP contribution in [0.25, 0.3) is 0 Å². The van der Waals surface area contributed by atoms with Crippen LogP contribution in [0, 0.1) is 0 Å². The van der Waals surface area contributed by atoms with Crippen LogP contribution in [-0.2, 0) is 15.6 Å². The minimum absolute atomic E-state index is 0.0707. The van der Waals surface area contributed by atoms with E-state index < -0.39 is 16.8 Å². The topological polar surface area (TPSA) is 86.7 Å². The third-order valence-corrected chi connectivity index (χ3v) is 3.03. The maximum Gasteiger partial charge on any atom is 0.317 e. The number of aliphatic carboxylic acids is 1. The van der Waals surface area contributed by atoms with E-state index in [2.05, 4.69) is 5.32 Å². The second-order valence-corrected chi connectivity index (χ2v) is 5.54. The number of hydrogen-bond acceptors (Lipinski definition) is 3. The van der Waals surface area contributed by atoms with Crippen LogP contribution in [0.5, 0.6) is 0 Å². The number of carbonyl (C=O) groups excluding carboxylic acids is 1. The van der Waals surface area contributed by atoms with Gasteiger partial charge in [-0.3, -0.25) is 9.00 Å². The normalized spacial score (nSPS) is 13.8. The fourth-order valence-corrected chi connectivity index (χ4v) is 1.79. The van der Waals surface area contributed by atoms with E-state index in [9.17, 15) is 13.8 Å². The van der Waals surface area contributed by atoms with Crippen molar-refractivity contribution in [2.45, 2.75) is 25.8 Å². The van der Waals surface area contributed by atoms with Gasteiger partial charge in [-0.15, -0.1) is 0 Å². The predicted octanol–water partition coefficient (Wildman–Crippen LogP) is 0.260. The number of carboxylic acids is 1. The van der Waals surface area contributed by atoms with Gasteiger partial charge >= 0.3 is 12.0 Å². The molecule has 0 radical (unpaired) electrons. The molecule has 0 aliphatic carbocycles. The number of hydrogen-bond donors (Lipinski definition) is 2.